The lowest BCUT2D eigenvalue weighted by atomic mass is 9.74. The summed E-state index contributed by atoms with van der Waals surface area (Å²) < 4.78 is 5.24. The second kappa shape index (κ2) is 7.37. The Hall–Kier alpha value is -2.18. The zero-order valence-corrected chi connectivity index (χ0v) is 14.6. The third kappa shape index (κ3) is 4.46. The van der Waals surface area contributed by atoms with Crippen LogP contribution in [0.4, 0.5) is 0 Å². The van der Waals surface area contributed by atoms with Crippen molar-refractivity contribution < 1.29 is 29.6 Å². The number of aryl methyl sites for hydroxylation is 1. The van der Waals surface area contributed by atoms with Crippen LogP contribution in [0.5, 0.6) is 5.75 Å². The van der Waals surface area contributed by atoms with Gasteiger partial charge < -0.3 is 20.1 Å². The minimum absolute atomic E-state index is 0.124. The summed E-state index contributed by atoms with van der Waals surface area (Å²) in [6, 6.07) is 4.98. The molecule has 1 aliphatic carbocycles. The molecule has 6 nitrogen and oxygen atoms in total. The molecule has 6 heteroatoms. The zero-order valence-electron chi connectivity index (χ0n) is 14.6. The van der Waals surface area contributed by atoms with Crippen LogP contribution in [0.3, 0.4) is 0 Å². The third-order valence-corrected chi connectivity index (χ3v) is 4.73. The highest BCUT2D eigenvalue weighted by Gasteiger charge is 2.47. The van der Waals surface area contributed by atoms with Gasteiger partial charge in [-0.1, -0.05) is 19.1 Å². The first kappa shape index (κ1) is 19.1. The fourth-order valence-electron chi connectivity index (χ4n) is 3.04. The van der Waals surface area contributed by atoms with Gasteiger partial charge in [-0.25, -0.2) is 4.79 Å². The monoisotopic (exact) mass is 348 g/mol. The number of aliphatic hydroxyl groups is 2. The second-order valence-corrected chi connectivity index (χ2v) is 6.82. The minimum atomic E-state index is -1.59. The van der Waals surface area contributed by atoms with Crippen LogP contribution in [-0.4, -0.2) is 44.9 Å². The van der Waals surface area contributed by atoms with E-state index in [9.17, 15) is 24.9 Å². The lowest BCUT2D eigenvalue weighted by molar-refractivity contribution is -0.174. The number of benzene rings is 1. The minimum Gasteiger partial charge on any atom is -0.508 e. The van der Waals surface area contributed by atoms with Gasteiger partial charge in [0.1, 0.15) is 17.5 Å². The molecule has 1 saturated carbocycles. The zero-order chi connectivity index (χ0) is 18.8. The first-order chi connectivity index (χ1) is 11.6. The number of ketones is 1. The predicted molar refractivity (Wildman–Crippen MR) is 91.8 cm³/mol. The molecule has 0 aromatic heterocycles. The predicted octanol–water partition coefficient (Wildman–Crippen LogP) is 1.74. The summed E-state index contributed by atoms with van der Waals surface area (Å²) in [4.78, 5) is 23.7. The number of phenols is 1. The number of hydrogen-bond acceptors (Lipinski definition) is 6. The van der Waals surface area contributed by atoms with Crippen molar-refractivity contribution in [3.63, 3.8) is 0 Å². The molecule has 2 rings (SSSR count). The summed E-state index contributed by atoms with van der Waals surface area (Å²) in [7, 11) is 0. The van der Waals surface area contributed by atoms with Crippen LogP contribution in [0.15, 0.2) is 24.3 Å². The molecule has 1 aromatic rings. The average molecular weight is 348 g/mol. The highest BCUT2D eigenvalue weighted by atomic mass is 16.6. The van der Waals surface area contributed by atoms with E-state index in [0.717, 1.165) is 5.56 Å². The average Bonchev–Trinajstić information content (AvgIpc) is 2.53. The Bertz CT molecular complexity index is 695. The molecule has 0 saturated heterocycles. The van der Waals surface area contributed by atoms with Gasteiger partial charge in [0.25, 0.3) is 0 Å². The summed E-state index contributed by atoms with van der Waals surface area (Å²) in [6.45, 7) is 4.75. The Morgan fingerprint density at radius 2 is 2.00 bits per heavy atom. The Kier molecular flexibility index (Phi) is 5.65. The van der Waals surface area contributed by atoms with E-state index in [2.05, 4.69) is 0 Å². The molecule has 1 fully saturated rings. The van der Waals surface area contributed by atoms with Gasteiger partial charge in [0.15, 0.2) is 5.78 Å². The standard InChI is InChI=1S/C19H24O6/c1-11-4-5-14(8-15(11)21)6-7-17(22)25-16-10-19(24,13(3)20)9-12(2)18(16)23/h4-8,12,16,18,21,23-24H,9-10H2,1-3H3/b7-6+/t12-,16-,18-,19+/m1/s1. The molecule has 0 radical (unpaired) electrons. The fourth-order valence-corrected chi connectivity index (χ4v) is 3.04. The Balaban J connectivity index is 2.06. The molecule has 0 bridgehead atoms. The number of ether oxygens (including phenoxy) is 1. The maximum Gasteiger partial charge on any atom is 0.331 e. The summed E-state index contributed by atoms with van der Waals surface area (Å²) in [5.41, 5.74) is -0.240. The van der Waals surface area contributed by atoms with Crippen molar-refractivity contribution in [1.29, 1.82) is 0 Å². The summed E-state index contributed by atoms with van der Waals surface area (Å²) in [5.74, 6) is -1.35. The SMILES string of the molecule is CC(=O)[C@]1(O)C[C@@H](C)[C@@H](O)[C@H](OC(=O)/C=C/c2ccc(C)c(O)c2)C1. The molecule has 25 heavy (non-hydrogen) atoms. The normalized spacial score (nSPS) is 29.6. The molecule has 0 heterocycles. The van der Waals surface area contributed by atoms with E-state index in [1.807, 2.05) is 0 Å². The molecule has 0 unspecified atom stereocenters. The molecule has 0 amide bonds. The number of phenolic OH excluding ortho intramolecular Hbond substituents is 1. The van der Waals surface area contributed by atoms with E-state index in [1.54, 1.807) is 26.0 Å². The molecule has 1 aliphatic rings. The van der Waals surface area contributed by atoms with Gasteiger partial charge in [-0.3, -0.25) is 4.79 Å². The van der Waals surface area contributed by atoms with Crippen LogP contribution < -0.4 is 0 Å². The molecule has 0 aliphatic heterocycles. The molecule has 3 N–H and O–H groups in total. The number of esters is 1. The van der Waals surface area contributed by atoms with Gasteiger partial charge in [-0.05, 0) is 49.5 Å². The number of aliphatic hydroxyl groups excluding tert-OH is 1. The Morgan fingerprint density at radius 3 is 2.60 bits per heavy atom. The van der Waals surface area contributed by atoms with Crippen LogP contribution >= 0.6 is 0 Å². The maximum absolute atomic E-state index is 12.0. The van der Waals surface area contributed by atoms with E-state index in [-0.39, 0.29) is 24.5 Å². The van der Waals surface area contributed by atoms with Gasteiger partial charge >= 0.3 is 5.97 Å². The van der Waals surface area contributed by atoms with Crippen LogP contribution in [0.1, 0.15) is 37.8 Å². The van der Waals surface area contributed by atoms with Crippen LogP contribution in [0, 0.1) is 12.8 Å². The Labute approximate surface area is 146 Å². The van der Waals surface area contributed by atoms with Crippen LogP contribution in [0.25, 0.3) is 6.08 Å². The summed E-state index contributed by atoms with van der Waals surface area (Å²) in [6.07, 6.45) is 0.774. The molecule has 136 valence electrons. The highest BCUT2D eigenvalue weighted by Crippen LogP contribution is 2.35. The van der Waals surface area contributed by atoms with Crippen LogP contribution in [0.2, 0.25) is 0 Å². The smallest absolute Gasteiger partial charge is 0.331 e. The second-order valence-electron chi connectivity index (χ2n) is 6.82. The van der Waals surface area contributed by atoms with Crippen molar-refractivity contribution in [3.8, 4) is 5.75 Å². The van der Waals surface area contributed by atoms with E-state index in [4.69, 9.17) is 4.74 Å². The van der Waals surface area contributed by atoms with Gasteiger partial charge in [0.2, 0.25) is 0 Å². The van der Waals surface area contributed by atoms with Gasteiger partial charge in [0, 0.05) is 12.5 Å². The van der Waals surface area contributed by atoms with Gasteiger partial charge in [-0.2, -0.15) is 0 Å². The van der Waals surface area contributed by atoms with Crippen molar-refractivity contribution in [3.05, 3.63) is 35.4 Å². The topological polar surface area (TPSA) is 104 Å². The summed E-state index contributed by atoms with van der Waals surface area (Å²) >= 11 is 0. The quantitative estimate of drug-likeness (QED) is 0.565. The summed E-state index contributed by atoms with van der Waals surface area (Å²) in [5, 5.41) is 30.2. The highest BCUT2D eigenvalue weighted by molar-refractivity contribution is 5.88. The van der Waals surface area contributed by atoms with Crippen molar-refractivity contribution in [2.45, 2.75) is 51.4 Å². The first-order valence-corrected chi connectivity index (χ1v) is 8.22. The van der Waals surface area contributed by atoms with E-state index in [1.165, 1.54) is 25.1 Å². The lowest BCUT2D eigenvalue weighted by Crippen LogP contribution is -2.53. The third-order valence-electron chi connectivity index (χ3n) is 4.73. The fraction of sp³-hybridized carbons (Fsp3) is 0.474. The molecular formula is C19H24O6. The van der Waals surface area contributed by atoms with Gasteiger partial charge in [-0.15, -0.1) is 0 Å². The number of Topliss-reactive ketones (excluding diaryl/α,β-unsaturated/α-hetero) is 1. The van der Waals surface area contributed by atoms with E-state index >= 15 is 0 Å². The van der Waals surface area contributed by atoms with Gasteiger partial charge in [0.05, 0.1) is 6.10 Å². The van der Waals surface area contributed by atoms with Crippen molar-refractivity contribution in [2.24, 2.45) is 5.92 Å². The van der Waals surface area contributed by atoms with Crippen molar-refractivity contribution in [1.82, 2.24) is 0 Å². The number of rotatable bonds is 4. The Morgan fingerprint density at radius 1 is 1.32 bits per heavy atom. The maximum atomic E-state index is 12.0. The van der Waals surface area contributed by atoms with Crippen molar-refractivity contribution >= 4 is 17.8 Å². The lowest BCUT2D eigenvalue weighted by Gasteiger charge is -2.41. The molecular weight excluding hydrogens is 324 g/mol. The molecule has 4 atom stereocenters. The number of carbonyl (C=O) groups is 2. The van der Waals surface area contributed by atoms with Crippen LogP contribution in [-0.2, 0) is 14.3 Å². The molecule has 0 spiro atoms. The largest absolute Gasteiger partial charge is 0.508 e. The van der Waals surface area contributed by atoms with E-state index in [0.29, 0.717) is 5.56 Å². The first-order valence-electron chi connectivity index (χ1n) is 8.22. The number of aromatic hydroxyl groups is 1. The van der Waals surface area contributed by atoms with E-state index < -0.39 is 29.6 Å². The molecule has 1 aromatic carbocycles. The number of hydrogen-bond donors (Lipinski definition) is 3. The number of carbonyl (C=O) groups excluding carboxylic acids is 2. The van der Waals surface area contributed by atoms with Crippen molar-refractivity contribution in [2.75, 3.05) is 0 Å².